The van der Waals surface area contributed by atoms with Gasteiger partial charge in [-0.3, -0.25) is 0 Å². The van der Waals surface area contributed by atoms with E-state index in [2.05, 4.69) is 240 Å². The van der Waals surface area contributed by atoms with Crippen molar-refractivity contribution in [2.75, 3.05) is 4.90 Å². The van der Waals surface area contributed by atoms with E-state index in [0.717, 1.165) is 22.7 Å². The lowest BCUT2D eigenvalue weighted by molar-refractivity contribution is 1.19. The fourth-order valence-corrected chi connectivity index (χ4v) is 9.55. The molecular formula is C58H38N2. The van der Waals surface area contributed by atoms with Crippen molar-refractivity contribution in [2.24, 2.45) is 0 Å². The molecule has 0 radical (unpaired) electrons. The molecule has 1 heterocycles. The second-order valence-electron chi connectivity index (χ2n) is 15.7. The van der Waals surface area contributed by atoms with Gasteiger partial charge in [0.25, 0.3) is 0 Å². The first kappa shape index (κ1) is 34.1. The van der Waals surface area contributed by atoms with Crippen LogP contribution in [0.15, 0.2) is 231 Å². The van der Waals surface area contributed by atoms with Crippen LogP contribution >= 0.6 is 0 Å². The van der Waals surface area contributed by atoms with Gasteiger partial charge < -0.3 is 9.47 Å². The number of anilines is 3. The Hall–Kier alpha value is -7.94. The Morgan fingerprint density at radius 2 is 0.917 bits per heavy atom. The Bertz CT molecular complexity index is 3590. The molecule has 60 heavy (non-hydrogen) atoms. The molecule has 0 atom stereocenters. The number of fused-ring (bicyclic) bond motifs is 9. The van der Waals surface area contributed by atoms with Gasteiger partial charge in [0.2, 0.25) is 0 Å². The lowest BCUT2D eigenvalue weighted by Crippen LogP contribution is -2.10. The lowest BCUT2D eigenvalue weighted by Gasteiger charge is -2.27. The summed E-state index contributed by atoms with van der Waals surface area (Å²) in [5.74, 6) is 0. The average molecular weight is 763 g/mol. The zero-order valence-electron chi connectivity index (χ0n) is 32.8. The van der Waals surface area contributed by atoms with Crippen molar-refractivity contribution < 1.29 is 0 Å². The SMILES string of the molecule is c1ccc(-n2c3cccc(-c4cccc(N(c5ccc(-c6ccc7c(ccc8ccccc87)c6)cc5)c5cccc6ccccc56)c4)c3c3ccc4ccccc4c32)cc1. The van der Waals surface area contributed by atoms with Gasteiger partial charge >= 0.3 is 0 Å². The van der Waals surface area contributed by atoms with Gasteiger partial charge in [0.15, 0.2) is 0 Å². The smallest absolute Gasteiger partial charge is 0.0619 e. The van der Waals surface area contributed by atoms with Crippen molar-refractivity contribution in [3.8, 4) is 27.9 Å². The number of hydrogen-bond donors (Lipinski definition) is 0. The third-order valence-corrected chi connectivity index (χ3v) is 12.3. The van der Waals surface area contributed by atoms with Crippen LogP contribution in [0.3, 0.4) is 0 Å². The molecule has 2 nitrogen and oxygen atoms in total. The largest absolute Gasteiger partial charge is 0.310 e. The van der Waals surface area contributed by atoms with Crippen molar-refractivity contribution >= 4 is 82.0 Å². The average Bonchev–Trinajstić information content (AvgIpc) is 3.67. The molecule has 0 saturated carbocycles. The zero-order valence-corrected chi connectivity index (χ0v) is 32.8. The first-order valence-electron chi connectivity index (χ1n) is 20.7. The highest BCUT2D eigenvalue weighted by Crippen LogP contribution is 2.44. The van der Waals surface area contributed by atoms with Crippen LogP contribution in [-0.4, -0.2) is 4.57 Å². The van der Waals surface area contributed by atoms with Crippen LogP contribution in [0.4, 0.5) is 17.1 Å². The highest BCUT2D eigenvalue weighted by atomic mass is 15.1. The normalized spacial score (nSPS) is 11.7. The second kappa shape index (κ2) is 13.9. The summed E-state index contributed by atoms with van der Waals surface area (Å²) < 4.78 is 2.45. The number of para-hydroxylation sites is 1. The molecule has 1 aromatic heterocycles. The first-order valence-corrected chi connectivity index (χ1v) is 20.7. The molecular weight excluding hydrogens is 725 g/mol. The Balaban J connectivity index is 1.03. The van der Waals surface area contributed by atoms with Crippen LogP contribution < -0.4 is 4.90 Å². The summed E-state index contributed by atoms with van der Waals surface area (Å²) in [6.45, 7) is 0. The Labute approximate surface area is 348 Å². The van der Waals surface area contributed by atoms with E-state index in [1.54, 1.807) is 0 Å². The Morgan fingerprint density at radius 1 is 0.317 bits per heavy atom. The summed E-state index contributed by atoms with van der Waals surface area (Å²) in [4.78, 5) is 2.42. The topological polar surface area (TPSA) is 8.17 Å². The standard InChI is InChI=1S/C58H38N2/c1-2-18-46(19-3-1)60-56-26-12-24-52(57(56)54-36-31-42-15-6-9-23-53(42)58(54)60)44-17-10-20-48(38-44)59(55-25-11-16-40-13-5-8-22-51(40)55)47-33-29-39(30-34-47)43-32-35-50-45(37-43)28-27-41-14-4-7-21-49(41)50/h1-38H. The van der Waals surface area contributed by atoms with Gasteiger partial charge in [0, 0.05) is 38.6 Å². The molecule has 0 aliphatic carbocycles. The summed E-state index contributed by atoms with van der Waals surface area (Å²) in [6, 6.07) is 84.3. The van der Waals surface area contributed by atoms with Crippen LogP contribution in [0.25, 0.3) is 92.8 Å². The van der Waals surface area contributed by atoms with Crippen molar-refractivity contribution in [1.29, 1.82) is 0 Å². The van der Waals surface area contributed by atoms with Crippen molar-refractivity contribution in [1.82, 2.24) is 4.57 Å². The molecule has 0 bridgehead atoms. The molecule has 0 spiro atoms. The van der Waals surface area contributed by atoms with Gasteiger partial charge in [-0.15, -0.1) is 0 Å². The molecule has 0 fully saturated rings. The Kier molecular flexibility index (Phi) is 7.89. The highest BCUT2D eigenvalue weighted by Gasteiger charge is 2.20. The summed E-state index contributed by atoms with van der Waals surface area (Å²) >= 11 is 0. The van der Waals surface area contributed by atoms with E-state index in [0.29, 0.717) is 0 Å². The van der Waals surface area contributed by atoms with Crippen LogP contribution in [-0.2, 0) is 0 Å². The molecule has 0 saturated heterocycles. The van der Waals surface area contributed by atoms with E-state index in [4.69, 9.17) is 0 Å². The molecule has 12 aromatic rings. The van der Waals surface area contributed by atoms with Crippen molar-refractivity contribution in [3.63, 3.8) is 0 Å². The van der Waals surface area contributed by atoms with Gasteiger partial charge in [-0.1, -0.05) is 176 Å². The second-order valence-corrected chi connectivity index (χ2v) is 15.7. The van der Waals surface area contributed by atoms with E-state index in [1.807, 2.05) is 0 Å². The fraction of sp³-hybridized carbons (Fsp3) is 0. The Morgan fingerprint density at radius 3 is 1.75 bits per heavy atom. The molecule has 2 heteroatoms. The van der Waals surface area contributed by atoms with Gasteiger partial charge in [-0.05, 0) is 109 Å². The number of nitrogens with zero attached hydrogens (tertiary/aromatic N) is 2. The molecule has 0 aliphatic heterocycles. The van der Waals surface area contributed by atoms with E-state index in [-0.39, 0.29) is 0 Å². The van der Waals surface area contributed by atoms with E-state index in [9.17, 15) is 0 Å². The van der Waals surface area contributed by atoms with Crippen molar-refractivity contribution in [2.45, 2.75) is 0 Å². The molecule has 0 N–H and O–H groups in total. The molecule has 280 valence electrons. The predicted octanol–water partition coefficient (Wildman–Crippen LogP) is 16.2. The maximum absolute atomic E-state index is 2.45. The summed E-state index contributed by atoms with van der Waals surface area (Å²) in [5.41, 5.74) is 11.7. The van der Waals surface area contributed by atoms with Gasteiger partial charge in [-0.2, -0.15) is 0 Å². The predicted molar refractivity (Wildman–Crippen MR) is 256 cm³/mol. The molecule has 0 unspecified atom stereocenters. The quantitative estimate of drug-likeness (QED) is 0.153. The number of hydrogen-bond acceptors (Lipinski definition) is 1. The minimum Gasteiger partial charge on any atom is -0.310 e. The van der Waals surface area contributed by atoms with E-state index in [1.165, 1.54) is 87.1 Å². The lowest BCUT2D eigenvalue weighted by atomic mass is 9.97. The van der Waals surface area contributed by atoms with E-state index < -0.39 is 0 Å². The third-order valence-electron chi connectivity index (χ3n) is 12.3. The first-order chi connectivity index (χ1) is 29.8. The maximum Gasteiger partial charge on any atom is 0.0619 e. The summed E-state index contributed by atoms with van der Waals surface area (Å²) in [7, 11) is 0. The van der Waals surface area contributed by atoms with Gasteiger partial charge in [-0.25, -0.2) is 0 Å². The molecule has 0 amide bonds. The van der Waals surface area contributed by atoms with Gasteiger partial charge in [0.1, 0.15) is 0 Å². The zero-order chi connectivity index (χ0) is 39.6. The molecule has 0 aliphatic rings. The van der Waals surface area contributed by atoms with Crippen LogP contribution in [0.5, 0.6) is 0 Å². The molecule has 12 rings (SSSR count). The molecule has 11 aromatic carbocycles. The van der Waals surface area contributed by atoms with Gasteiger partial charge in [0.05, 0.1) is 16.7 Å². The van der Waals surface area contributed by atoms with Crippen LogP contribution in [0, 0.1) is 0 Å². The number of aromatic nitrogens is 1. The minimum atomic E-state index is 1.10. The highest BCUT2D eigenvalue weighted by molar-refractivity contribution is 6.22. The minimum absolute atomic E-state index is 1.10. The van der Waals surface area contributed by atoms with Crippen molar-refractivity contribution in [3.05, 3.63) is 231 Å². The monoisotopic (exact) mass is 762 g/mol. The van der Waals surface area contributed by atoms with Crippen LogP contribution in [0.1, 0.15) is 0 Å². The number of benzene rings is 11. The maximum atomic E-state index is 2.45. The summed E-state index contributed by atoms with van der Waals surface area (Å²) in [5, 5.41) is 12.5. The number of rotatable bonds is 6. The van der Waals surface area contributed by atoms with Crippen LogP contribution in [0.2, 0.25) is 0 Å². The summed E-state index contributed by atoms with van der Waals surface area (Å²) in [6.07, 6.45) is 0. The fourth-order valence-electron chi connectivity index (χ4n) is 9.55. The van der Waals surface area contributed by atoms with E-state index >= 15 is 0 Å². The third kappa shape index (κ3) is 5.50.